The second kappa shape index (κ2) is 9.08. The summed E-state index contributed by atoms with van der Waals surface area (Å²) in [5, 5.41) is 9.98. The van der Waals surface area contributed by atoms with Crippen LogP contribution in [0.3, 0.4) is 0 Å². The van der Waals surface area contributed by atoms with Crippen LogP contribution in [0.1, 0.15) is 26.3 Å². The number of carbonyl (C=O) groups is 1. The highest BCUT2D eigenvalue weighted by Crippen LogP contribution is 2.10. The zero-order chi connectivity index (χ0) is 17.4. The molecular formula is C18H27N5O. The smallest absolute Gasteiger partial charge is 0.319 e. The van der Waals surface area contributed by atoms with Crippen LogP contribution in [0.2, 0.25) is 0 Å². The van der Waals surface area contributed by atoms with Gasteiger partial charge in [0.2, 0.25) is 0 Å². The third kappa shape index (κ3) is 5.38. The summed E-state index contributed by atoms with van der Waals surface area (Å²) in [5.74, 6) is 0. The average molecular weight is 329 g/mol. The van der Waals surface area contributed by atoms with Crippen molar-refractivity contribution in [3.63, 3.8) is 0 Å². The number of hydrogen-bond acceptors (Lipinski definition) is 3. The van der Waals surface area contributed by atoms with Crippen molar-refractivity contribution in [1.82, 2.24) is 20.0 Å². The van der Waals surface area contributed by atoms with Crippen LogP contribution in [0.15, 0.2) is 42.7 Å². The Balaban J connectivity index is 1.79. The van der Waals surface area contributed by atoms with Crippen LogP contribution in [0.25, 0.3) is 0 Å². The number of anilines is 1. The number of nitrogens with zero attached hydrogens (tertiary/aromatic N) is 3. The monoisotopic (exact) mass is 329 g/mol. The fraction of sp³-hybridized carbons (Fsp3) is 0.444. The molecule has 0 saturated heterocycles. The Morgan fingerprint density at radius 1 is 1.25 bits per heavy atom. The Kier molecular flexibility index (Phi) is 6.81. The van der Waals surface area contributed by atoms with E-state index in [1.165, 1.54) is 0 Å². The standard InChI is InChI=1S/C18H27N5O/c1-4-22(5-2)15(3)13-19-18(24)21-17-9-7-16(8-10-17)14-23-12-6-11-20-23/h6-12,15H,4-5,13-14H2,1-3H3,(H2,19,21,24). The fourth-order valence-electron chi connectivity index (χ4n) is 2.67. The van der Waals surface area contributed by atoms with Crippen molar-refractivity contribution < 1.29 is 4.79 Å². The lowest BCUT2D eigenvalue weighted by molar-refractivity contribution is 0.220. The number of hydrogen-bond donors (Lipinski definition) is 2. The van der Waals surface area contributed by atoms with E-state index in [4.69, 9.17) is 0 Å². The van der Waals surface area contributed by atoms with Crippen LogP contribution >= 0.6 is 0 Å². The van der Waals surface area contributed by atoms with Crippen LogP contribution in [0, 0.1) is 0 Å². The van der Waals surface area contributed by atoms with Crippen molar-refractivity contribution >= 4 is 11.7 Å². The Morgan fingerprint density at radius 3 is 2.54 bits per heavy atom. The maximum Gasteiger partial charge on any atom is 0.319 e. The molecule has 0 aliphatic heterocycles. The van der Waals surface area contributed by atoms with Crippen LogP contribution in [-0.4, -0.2) is 46.4 Å². The Bertz CT molecular complexity index is 605. The predicted octanol–water partition coefficient (Wildman–Crippen LogP) is 2.78. The Hall–Kier alpha value is -2.34. The fourth-order valence-corrected chi connectivity index (χ4v) is 2.67. The molecule has 130 valence electrons. The van der Waals surface area contributed by atoms with E-state index in [1.54, 1.807) is 6.20 Å². The SMILES string of the molecule is CCN(CC)C(C)CNC(=O)Nc1ccc(Cn2cccn2)cc1. The van der Waals surface area contributed by atoms with E-state index in [0.717, 1.165) is 30.9 Å². The normalized spacial score (nSPS) is 12.2. The Morgan fingerprint density at radius 2 is 1.96 bits per heavy atom. The predicted molar refractivity (Wildman–Crippen MR) is 97.2 cm³/mol. The molecule has 6 heteroatoms. The first kappa shape index (κ1) is 18.0. The van der Waals surface area contributed by atoms with Gasteiger partial charge in [-0.25, -0.2) is 4.79 Å². The average Bonchev–Trinajstić information content (AvgIpc) is 3.09. The number of likely N-dealkylation sites (N-methyl/N-ethyl adjacent to an activating group) is 1. The van der Waals surface area contributed by atoms with Crippen LogP contribution in [-0.2, 0) is 6.54 Å². The van der Waals surface area contributed by atoms with E-state index in [-0.39, 0.29) is 6.03 Å². The molecule has 2 aromatic rings. The number of benzene rings is 1. The molecule has 24 heavy (non-hydrogen) atoms. The lowest BCUT2D eigenvalue weighted by Gasteiger charge is -2.26. The summed E-state index contributed by atoms with van der Waals surface area (Å²) in [4.78, 5) is 14.3. The van der Waals surface area contributed by atoms with Gasteiger partial charge in [-0.1, -0.05) is 26.0 Å². The first-order valence-electron chi connectivity index (χ1n) is 8.47. The van der Waals surface area contributed by atoms with Crippen molar-refractivity contribution in [3.8, 4) is 0 Å². The molecule has 0 spiro atoms. The summed E-state index contributed by atoms with van der Waals surface area (Å²) in [6.07, 6.45) is 3.69. The zero-order valence-corrected chi connectivity index (χ0v) is 14.7. The van der Waals surface area contributed by atoms with E-state index < -0.39 is 0 Å². The third-order valence-corrected chi connectivity index (χ3v) is 4.11. The second-order valence-corrected chi connectivity index (χ2v) is 5.81. The molecule has 0 fully saturated rings. The summed E-state index contributed by atoms with van der Waals surface area (Å²) >= 11 is 0. The van der Waals surface area contributed by atoms with Gasteiger partial charge in [-0.15, -0.1) is 0 Å². The molecule has 1 atom stereocenters. The van der Waals surface area contributed by atoms with Gasteiger partial charge >= 0.3 is 6.03 Å². The molecule has 0 saturated carbocycles. The van der Waals surface area contributed by atoms with Crippen molar-refractivity contribution in [2.24, 2.45) is 0 Å². The maximum absolute atomic E-state index is 12.0. The largest absolute Gasteiger partial charge is 0.336 e. The minimum absolute atomic E-state index is 0.172. The molecule has 0 aliphatic carbocycles. The molecule has 6 nitrogen and oxygen atoms in total. The van der Waals surface area contributed by atoms with E-state index in [0.29, 0.717) is 12.6 Å². The first-order valence-corrected chi connectivity index (χ1v) is 8.47. The quantitative estimate of drug-likeness (QED) is 0.783. The van der Waals surface area contributed by atoms with Crippen molar-refractivity contribution in [1.29, 1.82) is 0 Å². The van der Waals surface area contributed by atoms with E-state index in [1.807, 2.05) is 41.2 Å². The molecule has 0 aliphatic rings. The van der Waals surface area contributed by atoms with Gasteiger partial charge < -0.3 is 10.6 Å². The number of urea groups is 1. The highest BCUT2D eigenvalue weighted by atomic mass is 16.2. The molecule has 1 unspecified atom stereocenters. The van der Waals surface area contributed by atoms with Gasteiger partial charge in [-0.05, 0) is 43.8 Å². The highest BCUT2D eigenvalue weighted by Gasteiger charge is 2.11. The van der Waals surface area contributed by atoms with E-state index in [2.05, 4.69) is 41.4 Å². The number of carbonyl (C=O) groups excluding carboxylic acids is 1. The van der Waals surface area contributed by atoms with Crippen LogP contribution in [0.5, 0.6) is 0 Å². The number of amides is 2. The molecule has 1 aromatic carbocycles. The lowest BCUT2D eigenvalue weighted by atomic mass is 10.2. The van der Waals surface area contributed by atoms with Gasteiger partial charge in [0.05, 0.1) is 6.54 Å². The molecule has 1 heterocycles. The number of rotatable bonds is 8. The third-order valence-electron chi connectivity index (χ3n) is 4.11. The topological polar surface area (TPSA) is 62.2 Å². The molecular weight excluding hydrogens is 302 g/mol. The van der Waals surface area contributed by atoms with Gasteiger partial charge in [-0.2, -0.15) is 5.10 Å². The minimum atomic E-state index is -0.172. The molecule has 0 radical (unpaired) electrons. The summed E-state index contributed by atoms with van der Waals surface area (Å²) < 4.78 is 1.86. The summed E-state index contributed by atoms with van der Waals surface area (Å²) in [5.41, 5.74) is 1.92. The van der Waals surface area contributed by atoms with Gasteiger partial charge in [0, 0.05) is 30.7 Å². The van der Waals surface area contributed by atoms with Gasteiger partial charge in [0.1, 0.15) is 0 Å². The van der Waals surface area contributed by atoms with Crippen LogP contribution in [0.4, 0.5) is 10.5 Å². The van der Waals surface area contributed by atoms with Gasteiger partial charge in [0.25, 0.3) is 0 Å². The molecule has 2 N–H and O–H groups in total. The minimum Gasteiger partial charge on any atom is -0.336 e. The maximum atomic E-state index is 12.0. The van der Waals surface area contributed by atoms with Gasteiger partial charge in [-0.3, -0.25) is 9.58 Å². The van der Waals surface area contributed by atoms with Gasteiger partial charge in [0.15, 0.2) is 0 Å². The van der Waals surface area contributed by atoms with Crippen molar-refractivity contribution in [2.45, 2.75) is 33.4 Å². The summed E-state index contributed by atoms with van der Waals surface area (Å²) in [7, 11) is 0. The molecule has 1 aromatic heterocycles. The van der Waals surface area contributed by atoms with Crippen molar-refractivity contribution in [2.75, 3.05) is 25.0 Å². The summed E-state index contributed by atoms with van der Waals surface area (Å²) in [6, 6.07) is 9.86. The molecule has 2 rings (SSSR count). The van der Waals surface area contributed by atoms with E-state index in [9.17, 15) is 4.79 Å². The van der Waals surface area contributed by atoms with E-state index >= 15 is 0 Å². The zero-order valence-electron chi connectivity index (χ0n) is 14.7. The second-order valence-electron chi connectivity index (χ2n) is 5.81. The summed E-state index contributed by atoms with van der Waals surface area (Å²) in [6.45, 7) is 9.70. The number of aromatic nitrogens is 2. The first-order chi connectivity index (χ1) is 11.6. The highest BCUT2D eigenvalue weighted by molar-refractivity contribution is 5.89. The number of nitrogens with one attached hydrogen (secondary N) is 2. The molecule has 0 bridgehead atoms. The Labute approximate surface area is 143 Å². The van der Waals surface area contributed by atoms with Crippen molar-refractivity contribution in [3.05, 3.63) is 48.3 Å². The lowest BCUT2D eigenvalue weighted by Crippen LogP contribution is -2.43. The molecule has 2 amide bonds. The van der Waals surface area contributed by atoms with Crippen LogP contribution < -0.4 is 10.6 Å².